The Morgan fingerprint density at radius 2 is 2.58 bits per heavy atom. The first-order chi connectivity index (χ1) is 5.70. The second-order valence-electron chi connectivity index (χ2n) is 2.58. The predicted molar refractivity (Wildman–Crippen MR) is 49.9 cm³/mol. The lowest BCUT2D eigenvalue weighted by Gasteiger charge is -2.09. The molecule has 12 heavy (non-hydrogen) atoms. The molecule has 0 spiro atoms. The number of primary amides is 1. The van der Waals surface area contributed by atoms with Crippen molar-refractivity contribution in [3.05, 3.63) is 22.4 Å². The van der Waals surface area contributed by atoms with Gasteiger partial charge in [0.2, 0.25) is 5.91 Å². The number of nitrogens with one attached hydrogen (secondary N) is 1. The number of thiophene rings is 1. The molecule has 0 aliphatic carbocycles. The first-order valence-electron chi connectivity index (χ1n) is 3.75. The molecule has 0 bridgehead atoms. The van der Waals surface area contributed by atoms with E-state index in [1.807, 2.05) is 24.4 Å². The normalized spacial score (nSPS) is 12.8. The smallest absolute Gasteiger partial charge is 0.231 e. The van der Waals surface area contributed by atoms with Gasteiger partial charge in [-0.25, -0.2) is 0 Å². The molecule has 0 aliphatic heterocycles. The summed E-state index contributed by atoms with van der Waals surface area (Å²) in [6.45, 7) is 2.24. The van der Waals surface area contributed by atoms with Crippen LogP contribution in [-0.4, -0.2) is 12.5 Å². The van der Waals surface area contributed by atoms with E-state index >= 15 is 0 Å². The summed E-state index contributed by atoms with van der Waals surface area (Å²) in [7, 11) is 0. The van der Waals surface area contributed by atoms with Crippen LogP contribution in [0.25, 0.3) is 0 Å². The summed E-state index contributed by atoms with van der Waals surface area (Å²) in [5.74, 6) is -0.321. The molecule has 1 rings (SSSR count). The Kier molecular flexibility index (Phi) is 3.25. The van der Waals surface area contributed by atoms with Crippen molar-refractivity contribution >= 4 is 17.2 Å². The van der Waals surface area contributed by atoms with Gasteiger partial charge in [-0.05, 0) is 18.4 Å². The van der Waals surface area contributed by atoms with Crippen LogP contribution < -0.4 is 11.1 Å². The van der Waals surface area contributed by atoms with Crippen molar-refractivity contribution in [1.29, 1.82) is 0 Å². The molecule has 0 aromatic carbocycles. The molecule has 0 saturated carbocycles. The summed E-state index contributed by atoms with van der Waals surface area (Å²) in [4.78, 5) is 11.7. The third-order valence-corrected chi connectivity index (χ3v) is 2.61. The lowest BCUT2D eigenvalue weighted by molar-refractivity contribution is -0.117. The van der Waals surface area contributed by atoms with Gasteiger partial charge in [0, 0.05) is 10.9 Å². The van der Waals surface area contributed by atoms with Crippen LogP contribution >= 0.6 is 11.3 Å². The number of carbonyl (C=O) groups is 1. The first-order valence-corrected chi connectivity index (χ1v) is 4.63. The SMILES string of the molecule is C[C@@H](NCC(N)=O)c1cccs1. The van der Waals surface area contributed by atoms with E-state index in [1.165, 1.54) is 4.88 Å². The maximum atomic E-state index is 10.4. The summed E-state index contributed by atoms with van der Waals surface area (Å²) in [5, 5.41) is 5.03. The molecule has 0 aliphatic rings. The molecular formula is C8H12N2OS. The summed E-state index contributed by atoms with van der Waals surface area (Å²) in [5.41, 5.74) is 5.00. The van der Waals surface area contributed by atoms with Gasteiger partial charge in [-0.3, -0.25) is 4.79 Å². The fraction of sp³-hybridized carbons (Fsp3) is 0.375. The summed E-state index contributed by atoms with van der Waals surface area (Å²) in [6, 6.07) is 4.23. The molecule has 1 heterocycles. The highest BCUT2D eigenvalue weighted by molar-refractivity contribution is 7.10. The summed E-state index contributed by atoms with van der Waals surface area (Å²) < 4.78 is 0. The van der Waals surface area contributed by atoms with E-state index in [4.69, 9.17) is 5.73 Å². The van der Waals surface area contributed by atoms with E-state index in [2.05, 4.69) is 5.32 Å². The standard InChI is InChI=1S/C8H12N2OS/c1-6(10-5-8(9)11)7-3-2-4-12-7/h2-4,6,10H,5H2,1H3,(H2,9,11)/t6-/m1/s1. The van der Waals surface area contributed by atoms with Crippen LogP contribution in [0.1, 0.15) is 17.8 Å². The molecule has 1 amide bonds. The Morgan fingerprint density at radius 1 is 1.83 bits per heavy atom. The van der Waals surface area contributed by atoms with E-state index in [1.54, 1.807) is 11.3 Å². The van der Waals surface area contributed by atoms with Crippen molar-refractivity contribution in [1.82, 2.24) is 5.32 Å². The first kappa shape index (κ1) is 9.22. The van der Waals surface area contributed by atoms with Crippen LogP contribution in [0, 0.1) is 0 Å². The third kappa shape index (κ3) is 2.64. The van der Waals surface area contributed by atoms with Gasteiger partial charge in [0.25, 0.3) is 0 Å². The van der Waals surface area contributed by atoms with Gasteiger partial charge in [0.1, 0.15) is 0 Å². The molecule has 0 fully saturated rings. The Bertz CT molecular complexity index is 246. The molecular weight excluding hydrogens is 172 g/mol. The van der Waals surface area contributed by atoms with Crippen LogP contribution in [0.2, 0.25) is 0 Å². The average molecular weight is 184 g/mol. The fourth-order valence-corrected chi connectivity index (χ4v) is 1.65. The maximum absolute atomic E-state index is 10.4. The van der Waals surface area contributed by atoms with E-state index in [0.717, 1.165) is 0 Å². The van der Waals surface area contributed by atoms with E-state index < -0.39 is 0 Å². The van der Waals surface area contributed by atoms with Gasteiger partial charge >= 0.3 is 0 Å². The van der Waals surface area contributed by atoms with Crippen LogP contribution in [0.4, 0.5) is 0 Å². The van der Waals surface area contributed by atoms with Crippen molar-refractivity contribution in [2.75, 3.05) is 6.54 Å². The minimum atomic E-state index is -0.321. The van der Waals surface area contributed by atoms with Crippen molar-refractivity contribution in [3.8, 4) is 0 Å². The van der Waals surface area contributed by atoms with Crippen molar-refractivity contribution in [2.24, 2.45) is 5.73 Å². The van der Waals surface area contributed by atoms with Crippen LogP contribution in [0.3, 0.4) is 0 Å². The van der Waals surface area contributed by atoms with Gasteiger partial charge in [0.15, 0.2) is 0 Å². The summed E-state index contributed by atoms with van der Waals surface area (Å²) >= 11 is 1.67. The van der Waals surface area contributed by atoms with Crippen molar-refractivity contribution in [2.45, 2.75) is 13.0 Å². The number of nitrogens with two attached hydrogens (primary N) is 1. The molecule has 66 valence electrons. The topological polar surface area (TPSA) is 55.1 Å². The zero-order chi connectivity index (χ0) is 8.97. The number of hydrogen-bond donors (Lipinski definition) is 2. The van der Waals surface area contributed by atoms with E-state index in [9.17, 15) is 4.79 Å². The van der Waals surface area contributed by atoms with Gasteiger partial charge < -0.3 is 11.1 Å². The molecule has 1 aromatic heterocycles. The molecule has 1 atom stereocenters. The van der Waals surface area contributed by atoms with E-state index in [0.29, 0.717) is 0 Å². The zero-order valence-electron chi connectivity index (χ0n) is 6.91. The van der Waals surface area contributed by atoms with Gasteiger partial charge in [-0.2, -0.15) is 0 Å². The van der Waals surface area contributed by atoms with Crippen LogP contribution in [0.15, 0.2) is 17.5 Å². The fourth-order valence-electron chi connectivity index (χ4n) is 0.892. The monoisotopic (exact) mass is 184 g/mol. The minimum Gasteiger partial charge on any atom is -0.369 e. The molecule has 0 unspecified atom stereocenters. The van der Waals surface area contributed by atoms with Crippen LogP contribution in [-0.2, 0) is 4.79 Å². The molecule has 0 saturated heterocycles. The molecule has 3 nitrogen and oxygen atoms in total. The average Bonchev–Trinajstić information content (AvgIpc) is 2.51. The second-order valence-corrected chi connectivity index (χ2v) is 3.56. The molecule has 3 N–H and O–H groups in total. The van der Waals surface area contributed by atoms with Crippen molar-refractivity contribution in [3.63, 3.8) is 0 Å². The highest BCUT2D eigenvalue weighted by atomic mass is 32.1. The summed E-state index contributed by atoms with van der Waals surface area (Å²) in [6.07, 6.45) is 0. The molecule has 1 aromatic rings. The van der Waals surface area contributed by atoms with Gasteiger partial charge in [-0.15, -0.1) is 11.3 Å². The number of carbonyl (C=O) groups excluding carboxylic acids is 1. The largest absolute Gasteiger partial charge is 0.369 e. The Morgan fingerprint density at radius 3 is 3.08 bits per heavy atom. The lowest BCUT2D eigenvalue weighted by Crippen LogP contribution is -2.30. The number of hydrogen-bond acceptors (Lipinski definition) is 3. The second kappa shape index (κ2) is 4.23. The highest BCUT2D eigenvalue weighted by Crippen LogP contribution is 2.17. The van der Waals surface area contributed by atoms with Gasteiger partial charge in [-0.1, -0.05) is 6.07 Å². The highest BCUT2D eigenvalue weighted by Gasteiger charge is 2.05. The van der Waals surface area contributed by atoms with Crippen LogP contribution in [0.5, 0.6) is 0 Å². The molecule has 4 heteroatoms. The van der Waals surface area contributed by atoms with Gasteiger partial charge in [0.05, 0.1) is 6.54 Å². The Labute approximate surface area is 75.6 Å². The number of rotatable bonds is 4. The predicted octanol–water partition coefficient (Wildman–Crippen LogP) is 0.884. The lowest BCUT2D eigenvalue weighted by atomic mass is 10.3. The third-order valence-electron chi connectivity index (χ3n) is 1.55. The maximum Gasteiger partial charge on any atom is 0.231 e. The minimum absolute atomic E-state index is 0.206. The Hall–Kier alpha value is -0.870. The molecule has 0 radical (unpaired) electrons. The van der Waals surface area contributed by atoms with E-state index in [-0.39, 0.29) is 18.5 Å². The number of amides is 1. The zero-order valence-corrected chi connectivity index (χ0v) is 7.73. The Balaban J connectivity index is 2.39. The van der Waals surface area contributed by atoms with Crippen molar-refractivity contribution < 1.29 is 4.79 Å². The quantitative estimate of drug-likeness (QED) is 0.730.